The molecule has 9 heteroatoms. The molecule has 0 radical (unpaired) electrons. The number of aryl methyl sites for hydroxylation is 1. The molecule has 2 heterocycles. The van der Waals surface area contributed by atoms with Gasteiger partial charge in [-0.25, -0.2) is 9.37 Å². The van der Waals surface area contributed by atoms with E-state index in [4.69, 9.17) is 16.0 Å². The lowest BCUT2D eigenvalue weighted by Crippen LogP contribution is -2.50. The van der Waals surface area contributed by atoms with Gasteiger partial charge in [0.2, 0.25) is 11.8 Å². The summed E-state index contributed by atoms with van der Waals surface area (Å²) in [5.74, 6) is 0.581. The van der Waals surface area contributed by atoms with Crippen LogP contribution in [0.1, 0.15) is 12.3 Å². The van der Waals surface area contributed by atoms with Crippen molar-refractivity contribution in [2.75, 3.05) is 38.0 Å². The standard InChI is InChI=1S/C24H24ClFN4O3/c25-18-6-4-17(5-7-18)21-15-27-23(33-21)8-9-24(32)30-12-10-29(11-13-30)16-22(31)28-20-3-1-2-19(26)14-20/h1-7,14-15H,8-13,16H2,(H,28,31). The minimum Gasteiger partial charge on any atom is -0.441 e. The predicted molar refractivity (Wildman–Crippen MR) is 123 cm³/mol. The van der Waals surface area contributed by atoms with Crippen molar-refractivity contribution in [2.24, 2.45) is 0 Å². The maximum Gasteiger partial charge on any atom is 0.238 e. The lowest BCUT2D eigenvalue weighted by molar-refractivity contribution is -0.133. The molecule has 0 saturated carbocycles. The van der Waals surface area contributed by atoms with Crippen LogP contribution in [0, 0.1) is 5.82 Å². The maximum atomic E-state index is 13.2. The molecular weight excluding hydrogens is 447 g/mol. The maximum absolute atomic E-state index is 13.2. The van der Waals surface area contributed by atoms with Gasteiger partial charge in [-0.05, 0) is 42.5 Å². The van der Waals surface area contributed by atoms with Gasteiger partial charge in [0.05, 0.1) is 12.7 Å². The molecule has 1 saturated heterocycles. The first-order chi connectivity index (χ1) is 16.0. The van der Waals surface area contributed by atoms with Crippen LogP contribution in [0.15, 0.2) is 59.1 Å². The number of benzene rings is 2. The van der Waals surface area contributed by atoms with Crippen molar-refractivity contribution in [2.45, 2.75) is 12.8 Å². The van der Waals surface area contributed by atoms with Crippen LogP contribution in [0.2, 0.25) is 5.02 Å². The lowest BCUT2D eigenvalue weighted by Gasteiger charge is -2.34. The zero-order valence-corrected chi connectivity index (χ0v) is 18.7. The van der Waals surface area contributed by atoms with E-state index in [1.54, 1.807) is 35.4 Å². The molecule has 1 N–H and O–H groups in total. The van der Waals surface area contributed by atoms with Gasteiger partial charge in [0, 0.05) is 55.3 Å². The number of amides is 2. The van der Waals surface area contributed by atoms with Gasteiger partial charge in [-0.15, -0.1) is 0 Å². The molecule has 0 aliphatic carbocycles. The second-order valence-electron chi connectivity index (χ2n) is 7.84. The van der Waals surface area contributed by atoms with Crippen LogP contribution in [0.25, 0.3) is 11.3 Å². The zero-order chi connectivity index (χ0) is 23.2. The van der Waals surface area contributed by atoms with E-state index >= 15 is 0 Å². The summed E-state index contributed by atoms with van der Waals surface area (Å²) in [6, 6.07) is 13.1. The number of carbonyl (C=O) groups is 2. The second kappa shape index (κ2) is 10.6. The Morgan fingerprint density at radius 3 is 2.58 bits per heavy atom. The Labute approximate surface area is 196 Å². The summed E-state index contributed by atoms with van der Waals surface area (Å²) in [6.45, 7) is 2.49. The summed E-state index contributed by atoms with van der Waals surface area (Å²) in [5, 5.41) is 3.34. The molecule has 33 heavy (non-hydrogen) atoms. The van der Waals surface area contributed by atoms with Crippen LogP contribution < -0.4 is 5.32 Å². The number of piperazine rings is 1. The molecule has 2 amide bonds. The van der Waals surface area contributed by atoms with Gasteiger partial charge >= 0.3 is 0 Å². The Morgan fingerprint density at radius 2 is 1.85 bits per heavy atom. The van der Waals surface area contributed by atoms with Crippen molar-refractivity contribution < 1.29 is 18.4 Å². The normalized spacial score (nSPS) is 14.3. The van der Waals surface area contributed by atoms with Crippen molar-refractivity contribution in [1.29, 1.82) is 0 Å². The van der Waals surface area contributed by atoms with Crippen LogP contribution in [-0.2, 0) is 16.0 Å². The average Bonchev–Trinajstić information content (AvgIpc) is 3.27. The molecule has 0 bridgehead atoms. The number of carbonyl (C=O) groups excluding carboxylic acids is 2. The largest absolute Gasteiger partial charge is 0.441 e. The minimum absolute atomic E-state index is 0.0325. The molecule has 7 nitrogen and oxygen atoms in total. The third-order valence-corrected chi connectivity index (χ3v) is 5.69. The highest BCUT2D eigenvalue weighted by Crippen LogP contribution is 2.23. The third kappa shape index (κ3) is 6.40. The molecular formula is C24H24ClFN4O3. The smallest absolute Gasteiger partial charge is 0.238 e. The van der Waals surface area contributed by atoms with E-state index in [0.29, 0.717) is 61.4 Å². The summed E-state index contributed by atoms with van der Waals surface area (Å²) in [5.41, 5.74) is 1.31. The average molecular weight is 471 g/mol. The number of oxazole rings is 1. The highest BCUT2D eigenvalue weighted by atomic mass is 35.5. The van der Waals surface area contributed by atoms with Gasteiger partial charge < -0.3 is 14.6 Å². The van der Waals surface area contributed by atoms with E-state index in [1.807, 2.05) is 17.0 Å². The highest BCUT2D eigenvalue weighted by Gasteiger charge is 2.23. The van der Waals surface area contributed by atoms with E-state index < -0.39 is 5.82 Å². The van der Waals surface area contributed by atoms with Crippen molar-refractivity contribution in [1.82, 2.24) is 14.8 Å². The topological polar surface area (TPSA) is 78.7 Å². The molecule has 0 spiro atoms. The molecule has 172 valence electrons. The van der Waals surface area contributed by atoms with Crippen LogP contribution in [0.3, 0.4) is 0 Å². The summed E-state index contributed by atoms with van der Waals surface area (Å²) >= 11 is 5.91. The first kappa shape index (κ1) is 22.9. The number of nitrogens with zero attached hydrogens (tertiary/aromatic N) is 3. The molecule has 1 aliphatic rings. The summed E-state index contributed by atoms with van der Waals surface area (Å²) in [7, 11) is 0. The number of rotatable bonds is 7. The molecule has 1 fully saturated rings. The van der Waals surface area contributed by atoms with E-state index in [2.05, 4.69) is 10.3 Å². The van der Waals surface area contributed by atoms with Crippen LogP contribution >= 0.6 is 11.6 Å². The SMILES string of the molecule is O=C(CN1CCN(C(=O)CCc2ncc(-c3ccc(Cl)cc3)o2)CC1)Nc1cccc(F)c1. The van der Waals surface area contributed by atoms with E-state index in [-0.39, 0.29) is 18.4 Å². The molecule has 2 aromatic carbocycles. The van der Waals surface area contributed by atoms with Crippen molar-refractivity contribution >= 4 is 29.1 Å². The van der Waals surface area contributed by atoms with Crippen molar-refractivity contribution in [3.8, 4) is 11.3 Å². The Bertz CT molecular complexity index is 1110. The number of hydrogen-bond acceptors (Lipinski definition) is 5. The fourth-order valence-electron chi connectivity index (χ4n) is 3.67. The van der Waals surface area contributed by atoms with Crippen LogP contribution in [-0.4, -0.2) is 59.3 Å². The van der Waals surface area contributed by atoms with Gasteiger partial charge in [-0.1, -0.05) is 17.7 Å². The third-order valence-electron chi connectivity index (χ3n) is 5.44. The number of nitrogens with one attached hydrogen (secondary N) is 1. The zero-order valence-electron chi connectivity index (χ0n) is 18.0. The Morgan fingerprint density at radius 1 is 1.09 bits per heavy atom. The van der Waals surface area contributed by atoms with Gasteiger partial charge in [0.25, 0.3) is 0 Å². The lowest BCUT2D eigenvalue weighted by atomic mass is 10.2. The summed E-state index contributed by atoms with van der Waals surface area (Å²) < 4.78 is 19.0. The second-order valence-corrected chi connectivity index (χ2v) is 8.28. The fraction of sp³-hybridized carbons (Fsp3) is 0.292. The van der Waals surface area contributed by atoms with Gasteiger partial charge in [-0.2, -0.15) is 0 Å². The minimum atomic E-state index is -0.397. The molecule has 4 rings (SSSR count). The molecule has 1 aliphatic heterocycles. The predicted octanol–water partition coefficient (Wildman–Crippen LogP) is 3.85. The fourth-order valence-corrected chi connectivity index (χ4v) is 3.80. The number of hydrogen-bond donors (Lipinski definition) is 1. The van der Waals surface area contributed by atoms with Crippen LogP contribution in [0.5, 0.6) is 0 Å². The summed E-state index contributed by atoms with van der Waals surface area (Å²) in [4.78, 5) is 32.8. The van der Waals surface area contributed by atoms with E-state index in [9.17, 15) is 14.0 Å². The molecule has 0 unspecified atom stereocenters. The Hall–Kier alpha value is -3.23. The van der Waals surface area contributed by atoms with Crippen LogP contribution in [0.4, 0.5) is 10.1 Å². The number of aromatic nitrogens is 1. The van der Waals surface area contributed by atoms with Gasteiger partial charge in [0.15, 0.2) is 11.7 Å². The Kier molecular flexibility index (Phi) is 7.36. The van der Waals surface area contributed by atoms with Gasteiger partial charge in [0.1, 0.15) is 5.82 Å². The Balaban J connectivity index is 1.19. The molecule has 0 atom stereocenters. The monoisotopic (exact) mass is 470 g/mol. The quantitative estimate of drug-likeness (QED) is 0.567. The first-order valence-corrected chi connectivity index (χ1v) is 11.1. The van der Waals surface area contributed by atoms with Crippen molar-refractivity contribution in [3.63, 3.8) is 0 Å². The van der Waals surface area contributed by atoms with E-state index in [0.717, 1.165) is 5.56 Å². The number of anilines is 1. The first-order valence-electron chi connectivity index (χ1n) is 10.7. The summed E-state index contributed by atoms with van der Waals surface area (Å²) in [6.07, 6.45) is 2.38. The highest BCUT2D eigenvalue weighted by molar-refractivity contribution is 6.30. The van der Waals surface area contributed by atoms with Crippen molar-refractivity contribution in [3.05, 3.63) is 71.5 Å². The molecule has 1 aromatic heterocycles. The van der Waals surface area contributed by atoms with Gasteiger partial charge in [-0.3, -0.25) is 14.5 Å². The molecule has 3 aromatic rings. The number of halogens is 2. The van der Waals surface area contributed by atoms with E-state index in [1.165, 1.54) is 12.1 Å².